The summed E-state index contributed by atoms with van der Waals surface area (Å²) in [5.41, 5.74) is 0.820. The van der Waals surface area contributed by atoms with Crippen molar-refractivity contribution in [3.8, 4) is 17.0 Å². The number of ether oxygens (including phenoxy) is 1. The lowest BCUT2D eigenvalue weighted by Crippen LogP contribution is -2.18. The van der Waals surface area contributed by atoms with Crippen LogP contribution >= 0.6 is 22.9 Å². The van der Waals surface area contributed by atoms with Gasteiger partial charge in [-0.3, -0.25) is 9.59 Å². The van der Waals surface area contributed by atoms with Crippen molar-refractivity contribution in [2.45, 2.75) is 6.54 Å². The molecular formula is C21H17ClN4O3S. The summed E-state index contributed by atoms with van der Waals surface area (Å²) < 4.78 is 7.25. The Morgan fingerprint density at radius 3 is 2.80 bits per heavy atom. The number of halogens is 1. The van der Waals surface area contributed by atoms with E-state index in [1.807, 2.05) is 12.1 Å². The van der Waals surface area contributed by atoms with Gasteiger partial charge in [-0.05, 0) is 36.4 Å². The Bertz CT molecular complexity index is 1260. The maximum Gasteiger partial charge on any atom is 0.283 e. The first kappa shape index (κ1) is 19.9. The van der Waals surface area contributed by atoms with Crippen LogP contribution in [0.15, 0.2) is 65.6 Å². The quantitative estimate of drug-likeness (QED) is 0.467. The number of aromatic nitrogens is 3. The van der Waals surface area contributed by atoms with E-state index in [4.69, 9.17) is 16.3 Å². The number of anilines is 1. The fourth-order valence-electron chi connectivity index (χ4n) is 2.98. The van der Waals surface area contributed by atoms with Crippen LogP contribution in [0.4, 0.5) is 5.82 Å². The van der Waals surface area contributed by atoms with E-state index in [9.17, 15) is 9.59 Å². The fraction of sp³-hybridized carbons (Fsp3) is 0.0952. The molecule has 7 nitrogen and oxygen atoms in total. The molecule has 9 heteroatoms. The molecule has 0 saturated carbocycles. The maximum atomic E-state index is 13.3. The monoisotopic (exact) mass is 440 g/mol. The molecule has 0 spiro atoms. The second kappa shape index (κ2) is 8.56. The highest BCUT2D eigenvalue weighted by Gasteiger charge is 2.21. The van der Waals surface area contributed by atoms with Crippen LogP contribution in [-0.4, -0.2) is 27.8 Å². The molecule has 0 aliphatic carbocycles. The molecule has 0 atom stereocenters. The van der Waals surface area contributed by atoms with Crippen molar-refractivity contribution in [3.63, 3.8) is 0 Å². The van der Waals surface area contributed by atoms with Gasteiger partial charge in [-0.2, -0.15) is 9.78 Å². The van der Waals surface area contributed by atoms with E-state index in [-0.39, 0.29) is 11.5 Å². The van der Waals surface area contributed by atoms with Crippen LogP contribution in [0.3, 0.4) is 0 Å². The summed E-state index contributed by atoms with van der Waals surface area (Å²) in [6.45, 7) is 0.451. The minimum absolute atomic E-state index is 0.288. The molecule has 0 aliphatic heterocycles. The van der Waals surface area contributed by atoms with Crippen molar-refractivity contribution in [3.05, 3.63) is 85.9 Å². The zero-order valence-electron chi connectivity index (χ0n) is 15.9. The third-order valence-electron chi connectivity index (χ3n) is 4.41. The smallest absolute Gasteiger partial charge is 0.283 e. The largest absolute Gasteiger partial charge is 0.496 e. The van der Waals surface area contributed by atoms with Gasteiger partial charge >= 0.3 is 0 Å². The van der Waals surface area contributed by atoms with E-state index in [0.29, 0.717) is 39.3 Å². The van der Waals surface area contributed by atoms with Crippen molar-refractivity contribution in [1.29, 1.82) is 0 Å². The summed E-state index contributed by atoms with van der Waals surface area (Å²) in [7, 11) is 1.50. The average molecular weight is 441 g/mol. The fourth-order valence-corrected chi connectivity index (χ4v) is 4.00. The Labute approximate surface area is 180 Å². The number of thiophene rings is 1. The Hall–Kier alpha value is -3.36. The third kappa shape index (κ3) is 4.00. The standard InChI is InChI=1S/C21H17ClN4O3S/c1-29-17-7-3-2-5-15(17)21(28)26-19(24-12-13-8-9-18(22)30-13)11-16(25-26)14-6-4-10-23-20(14)27/h2-11,24H,12H2,1H3,(H,23,27). The number of benzene rings is 1. The number of rotatable bonds is 6. The number of para-hydroxylation sites is 1. The number of carbonyl (C=O) groups excluding carboxylic acids is 1. The molecule has 0 amide bonds. The second-order valence-electron chi connectivity index (χ2n) is 6.30. The number of nitrogens with zero attached hydrogens (tertiary/aromatic N) is 2. The molecule has 0 radical (unpaired) electrons. The van der Waals surface area contributed by atoms with Crippen molar-refractivity contribution in [2.24, 2.45) is 0 Å². The zero-order valence-corrected chi connectivity index (χ0v) is 17.5. The van der Waals surface area contributed by atoms with Crippen LogP contribution in [-0.2, 0) is 6.54 Å². The molecular weight excluding hydrogens is 424 g/mol. The number of pyridine rings is 1. The van der Waals surface area contributed by atoms with Crippen LogP contribution in [0.2, 0.25) is 4.34 Å². The highest BCUT2D eigenvalue weighted by molar-refractivity contribution is 7.16. The number of aromatic amines is 1. The molecule has 0 aliphatic rings. The first-order valence-electron chi connectivity index (χ1n) is 9.01. The normalized spacial score (nSPS) is 10.7. The van der Waals surface area contributed by atoms with Gasteiger partial charge in [0, 0.05) is 17.1 Å². The van der Waals surface area contributed by atoms with Gasteiger partial charge in [-0.25, -0.2) is 0 Å². The van der Waals surface area contributed by atoms with E-state index in [1.165, 1.54) is 23.1 Å². The predicted molar refractivity (Wildman–Crippen MR) is 118 cm³/mol. The summed E-state index contributed by atoms with van der Waals surface area (Å²) >= 11 is 7.45. The van der Waals surface area contributed by atoms with Crippen LogP contribution in [0.25, 0.3) is 11.3 Å². The third-order valence-corrected chi connectivity index (χ3v) is 5.64. The summed E-state index contributed by atoms with van der Waals surface area (Å²) in [4.78, 5) is 29.1. The number of H-pyrrole nitrogens is 1. The van der Waals surface area contributed by atoms with Gasteiger partial charge in [0.25, 0.3) is 11.5 Å². The zero-order chi connectivity index (χ0) is 21.1. The van der Waals surface area contributed by atoms with Crippen LogP contribution < -0.4 is 15.6 Å². The van der Waals surface area contributed by atoms with Gasteiger partial charge in [0.2, 0.25) is 0 Å². The maximum absolute atomic E-state index is 13.3. The van der Waals surface area contributed by atoms with Gasteiger partial charge in [0.1, 0.15) is 17.3 Å². The Morgan fingerprint density at radius 1 is 1.23 bits per heavy atom. The van der Waals surface area contributed by atoms with Crippen molar-refractivity contribution in [2.75, 3.05) is 12.4 Å². The number of methoxy groups -OCH3 is 1. The van der Waals surface area contributed by atoms with Gasteiger partial charge in [0.05, 0.1) is 29.1 Å². The first-order valence-corrected chi connectivity index (χ1v) is 10.2. The highest BCUT2D eigenvalue weighted by Crippen LogP contribution is 2.26. The number of hydrogen-bond donors (Lipinski definition) is 2. The molecule has 3 heterocycles. The Kier molecular flexibility index (Phi) is 5.69. The molecule has 30 heavy (non-hydrogen) atoms. The van der Waals surface area contributed by atoms with E-state index >= 15 is 0 Å². The molecule has 0 unspecified atom stereocenters. The van der Waals surface area contributed by atoms with Crippen LogP contribution in [0.5, 0.6) is 5.75 Å². The van der Waals surface area contributed by atoms with Crippen molar-refractivity contribution >= 4 is 34.7 Å². The summed E-state index contributed by atoms with van der Waals surface area (Å²) in [5.74, 6) is 0.513. The molecule has 152 valence electrons. The van der Waals surface area contributed by atoms with Crippen LogP contribution in [0, 0.1) is 0 Å². The van der Waals surface area contributed by atoms with Gasteiger partial charge in [0.15, 0.2) is 0 Å². The Balaban J connectivity index is 1.75. The van der Waals surface area contributed by atoms with Crippen molar-refractivity contribution in [1.82, 2.24) is 14.8 Å². The average Bonchev–Trinajstić information content (AvgIpc) is 3.38. The number of hydrogen-bond acceptors (Lipinski definition) is 6. The summed E-state index contributed by atoms with van der Waals surface area (Å²) in [6, 6.07) is 15.7. The molecule has 2 N–H and O–H groups in total. The molecule has 3 aromatic heterocycles. The lowest BCUT2D eigenvalue weighted by atomic mass is 10.2. The molecule has 0 fully saturated rings. The topological polar surface area (TPSA) is 89.0 Å². The molecule has 0 bridgehead atoms. The first-order chi connectivity index (χ1) is 14.6. The number of nitrogens with one attached hydrogen (secondary N) is 2. The molecule has 0 saturated heterocycles. The van der Waals surface area contributed by atoms with E-state index in [2.05, 4.69) is 15.4 Å². The number of carbonyl (C=O) groups is 1. The van der Waals surface area contributed by atoms with Crippen molar-refractivity contribution < 1.29 is 9.53 Å². The van der Waals surface area contributed by atoms with Gasteiger partial charge in [-0.15, -0.1) is 11.3 Å². The summed E-state index contributed by atoms with van der Waals surface area (Å²) in [6.07, 6.45) is 1.54. The molecule has 1 aromatic carbocycles. The SMILES string of the molecule is COc1ccccc1C(=O)n1nc(-c2ccc[nH]c2=O)cc1NCc1ccc(Cl)s1. The van der Waals surface area contributed by atoms with E-state index in [0.717, 1.165) is 4.88 Å². The molecule has 4 rings (SSSR count). The Morgan fingerprint density at radius 2 is 2.07 bits per heavy atom. The minimum atomic E-state index is -0.377. The molecule has 4 aromatic rings. The highest BCUT2D eigenvalue weighted by atomic mass is 35.5. The minimum Gasteiger partial charge on any atom is -0.496 e. The van der Waals surface area contributed by atoms with Gasteiger partial charge < -0.3 is 15.0 Å². The van der Waals surface area contributed by atoms with E-state index < -0.39 is 0 Å². The lowest BCUT2D eigenvalue weighted by molar-refractivity contribution is 0.0945. The van der Waals surface area contributed by atoms with Crippen LogP contribution in [0.1, 0.15) is 15.2 Å². The second-order valence-corrected chi connectivity index (χ2v) is 8.10. The van der Waals surface area contributed by atoms with E-state index in [1.54, 1.807) is 48.7 Å². The lowest BCUT2D eigenvalue weighted by Gasteiger charge is -2.10. The summed E-state index contributed by atoms with van der Waals surface area (Å²) in [5, 5.41) is 7.64. The predicted octanol–water partition coefficient (Wildman–Crippen LogP) is 4.26. The van der Waals surface area contributed by atoms with Gasteiger partial charge in [-0.1, -0.05) is 23.7 Å².